The number of carbonyl (C=O) groups is 1. The number of benzene rings is 3. The third-order valence-electron chi connectivity index (χ3n) is 4.65. The van der Waals surface area contributed by atoms with Crippen LogP contribution in [0.25, 0.3) is 0 Å². The van der Waals surface area contributed by atoms with Crippen LogP contribution in [0.3, 0.4) is 0 Å². The van der Waals surface area contributed by atoms with E-state index in [0.717, 1.165) is 11.6 Å². The largest absolute Gasteiger partial charge is 0.493 e. The van der Waals surface area contributed by atoms with Gasteiger partial charge in [-0.15, -0.1) is 0 Å². The molecule has 0 saturated heterocycles. The first-order valence-electron chi connectivity index (χ1n) is 9.67. The number of hydrogen-bond acceptors (Lipinski definition) is 5. The molecule has 0 aliphatic heterocycles. The number of nitrogens with one attached hydrogen (secondary N) is 2. The van der Waals surface area contributed by atoms with Crippen molar-refractivity contribution in [2.45, 2.75) is 17.4 Å². The van der Waals surface area contributed by atoms with Crippen LogP contribution in [-0.4, -0.2) is 34.6 Å². The van der Waals surface area contributed by atoms with E-state index in [1.165, 1.54) is 50.6 Å². The minimum Gasteiger partial charge on any atom is -0.493 e. The molecule has 7 nitrogen and oxygen atoms in total. The maximum Gasteiger partial charge on any atom is 0.242 e. The van der Waals surface area contributed by atoms with Gasteiger partial charge in [-0.2, -0.15) is 4.72 Å². The summed E-state index contributed by atoms with van der Waals surface area (Å²) in [7, 11) is -1.27. The van der Waals surface area contributed by atoms with Gasteiger partial charge in [-0.25, -0.2) is 12.8 Å². The van der Waals surface area contributed by atoms with Crippen molar-refractivity contribution in [3.63, 3.8) is 0 Å². The molecule has 0 aromatic heterocycles. The Morgan fingerprint density at radius 3 is 2.31 bits per heavy atom. The lowest BCUT2D eigenvalue weighted by atomic mass is 10.1. The van der Waals surface area contributed by atoms with Gasteiger partial charge in [0.25, 0.3) is 0 Å². The molecule has 32 heavy (non-hydrogen) atoms. The number of halogens is 1. The molecular formula is C23H23FN2O5S. The van der Waals surface area contributed by atoms with Crippen LogP contribution in [0, 0.1) is 5.82 Å². The zero-order valence-corrected chi connectivity index (χ0v) is 18.4. The standard InChI is InChI=1S/C23H23FN2O5S/c1-30-21-12-11-19(15-22(21)31-2)32(28,29)26-20(13-16-7-4-3-5-8-16)23(27)25-18-10-6-9-17(24)14-18/h3-12,14-15,20,26H,13H2,1-2H3,(H,25,27)/t20-/m1/s1. The molecule has 3 aromatic rings. The van der Waals surface area contributed by atoms with E-state index in [4.69, 9.17) is 9.47 Å². The zero-order valence-electron chi connectivity index (χ0n) is 17.5. The van der Waals surface area contributed by atoms with E-state index in [0.29, 0.717) is 5.75 Å². The fourth-order valence-corrected chi connectivity index (χ4v) is 4.28. The Kier molecular flexibility index (Phi) is 7.45. The Morgan fingerprint density at radius 2 is 1.66 bits per heavy atom. The van der Waals surface area contributed by atoms with Crippen molar-refractivity contribution in [1.82, 2.24) is 4.72 Å². The molecule has 2 N–H and O–H groups in total. The van der Waals surface area contributed by atoms with Crippen LogP contribution >= 0.6 is 0 Å². The molecule has 0 aliphatic carbocycles. The number of methoxy groups -OCH3 is 2. The maximum atomic E-state index is 13.5. The predicted octanol–water partition coefficient (Wildman–Crippen LogP) is 3.37. The first-order valence-corrected chi connectivity index (χ1v) is 11.2. The number of ether oxygens (including phenoxy) is 2. The Labute approximate surface area is 186 Å². The molecule has 0 heterocycles. The highest BCUT2D eigenvalue weighted by atomic mass is 32.2. The average molecular weight is 459 g/mol. The molecule has 3 rings (SSSR count). The lowest BCUT2D eigenvalue weighted by molar-refractivity contribution is -0.117. The van der Waals surface area contributed by atoms with Gasteiger partial charge in [0.2, 0.25) is 15.9 Å². The lowest BCUT2D eigenvalue weighted by Gasteiger charge is -2.19. The van der Waals surface area contributed by atoms with Crippen LogP contribution in [0.2, 0.25) is 0 Å². The minimum absolute atomic E-state index is 0.0910. The van der Waals surface area contributed by atoms with Crippen LogP contribution in [-0.2, 0) is 21.2 Å². The van der Waals surface area contributed by atoms with E-state index in [-0.39, 0.29) is 22.8 Å². The SMILES string of the molecule is COc1ccc(S(=O)(=O)N[C@H](Cc2ccccc2)C(=O)Nc2cccc(F)c2)cc1OC. The first kappa shape index (κ1) is 23.2. The number of hydrogen-bond donors (Lipinski definition) is 2. The minimum atomic E-state index is -4.10. The third-order valence-corrected chi connectivity index (χ3v) is 6.12. The Bertz CT molecular complexity index is 1190. The monoisotopic (exact) mass is 458 g/mol. The molecule has 0 radical (unpaired) electrons. The second kappa shape index (κ2) is 10.3. The molecule has 3 aromatic carbocycles. The van der Waals surface area contributed by atoms with E-state index < -0.39 is 27.8 Å². The molecule has 0 unspecified atom stereocenters. The van der Waals surface area contributed by atoms with E-state index in [9.17, 15) is 17.6 Å². The van der Waals surface area contributed by atoms with E-state index >= 15 is 0 Å². The van der Waals surface area contributed by atoms with Crippen LogP contribution < -0.4 is 19.5 Å². The molecule has 0 bridgehead atoms. The second-order valence-corrected chi connectivity index (χ2v) is 8.59. The normalized spacial score (nSPS) is 12.1. The van der Waals surface area contributed by atoms with Gasteiger partial charge in [-0.3, -0.25) is 4.79 Å². The molecule has 0 fully saturated rings. The van der Waals surface area contributed by atoms with Gasteiger partial charge in [0, 0.05) is 11.8 Å². The van der Waals surface area contributed by atoms with Crippen LogP contribution in [0.1, 0.15) is 5.56 Å². The van der Waals surface area contributed by atoms with Gasteiger partial charge >= 0.3 is 0 Å². The number of amides is 1. The van der Waals surface area contributed by atoms with Crippen LogP contribution in [0.15, 0.2) is 77.7 Å². The fourth-order valence-electron chi connectivity index (χ4n) is 3.07. The maximum absolute atomic E-state index is 13.5. The van der Waals surface area contributed by atoms with E-state index in [1.54, 1.807) is 24.3 Å². The molecule has 0 saturated carbocycles. The van der Waals surface area contributed by atoms with Gasteiger partial charge in [0.1, 0.15) is 11.9 Å². The highest BCUT2D eigenvalue weighted by Gasteiger charge is 2.27. The number of rotatable bonds is 9. The summed E-state index contributed by atoms with van der Waals surface area (Å²) in [6, 6.07) is 17.3. The summed E-state index contributed by atoms with van der Waals surface area (Å²) in [5, 5.41) is 2.57. The highest BCUT2D eigenvalue weighted by Crippen LogP contribution is 2.29. The molecule has 168 valence electrons. The summed E-state index contributed by atoms with van der Waals surface area (Å²) >= 11 is 0. The van der Waals surface area contributed by atoms with Crippen molar-refractivity contribution in [3.05, 3.63) is 84.2 Å². The Balaban J connectivity index is 1.89. The molecule has 1 amide bonds. The zero-order chi connectivity index (χ0) is 23.1. The van der Waals surface area contributed by atoms with Crippen molar-refractivity contribution < 1.29 is 27.1 Å². The second-order valence-electron chi connectivity index (χ2n) is 6.88. The molecule has 1 atom stereocenters. The average Bonchev–Trinajstić information content (AvgIpc) is 2.78. The smallest absolute Gasteiger partial charge is 0.242 e. The van der Waals surface area contributed by atoms with E-state index in [1.807, 2.05) is 6.07 Å². The van der Waals surface area contributed by atoms with Crippen molar-refractivity contribution in [3.8, 4) is 11.5 Å². The van der Waals surface area contributed by atoms with Crippen LogP contribution in [0.4, 0.5) is 10.1 Å². The quantitative estimate of drug-likeness (QED) is 0.513. The van der Waals surface area contributed by atoms with E-state index in [2.05, 4.69) is 10.0 Å². The Hall–Kier alpha value is -3.43. The number of carbonyl (C=O) groups excluding carboxylic acids is 1. The molecule has 0 aliphatic rings. The highest BCUT2D eigenvalue weighted by molar-refractivity contribution is 7.89. The van der Waals surface area contributed by atoms with Gasteiger partial charge in [0.05, 0.1) is 19.1 Å². The fraction of sp³-hybridized carbons (Fsp3) is 0.174. The predicted molar refractivity (Wildman–Crippen MR) is 119 cm³/mol. The summed E-state index contributed by atoms with van der Waals surface area (Å²) in [5.41, 5.74) is 0.972. The third kappa shape index (κ3) is 5.83. The number of sulfonamides is 1. The molecule has 9 heteroatoms. The van der Waals surface area contributed by atoms with Gasteiger partial charge in [0.15, 0.2) is 11.5 Å². The summed E-state index contributed by atoms with van der Waals surface area (Å²) < 4.78 is 52.4. The summed E-state index contributed by atoms with van der Waals surface area (Å²) in [6.07, 6.45) is 0.0918. The van der Waals surface area contributed by atoms with Crippen molar-refractivity contribution in [2.24, 2.45) is 0 Å². The van der Waals surface area contributed by atoms with Gasteiger partial charge in [-0.1, -0.05) is 36.4 Å². The number of anilines is 1. The Morgan fingerprint density at radius 1 is 0.938 bits per heavy atom. The molecular weight excluding hydrogens is 435 g/mol. The van der Waals surface area contributed by atoms with Gasteiger partial charge in [-0.05, 0) is 42.3 Å². The van der Waals surface area contributed by atoms with Crippen molar-refractivity contribution in [2.75, 3.05) is 19.5 Å². The van der Waals surface area contributed by atoms with Crippen LogP contribution in [0.5, 0.6) is 11.5 Å². The van der Waals surface area contributed by atoms with Gasteiger partial charge < -0.3 is 14.8 Å². The summed E-state index contributed by atoms with van der Waals surface area (Å²) in [4.78, 5) is 12.9. The first-order chi connectivity index (χ1) is 15.3. The van der Waals surface area contributed by atoms with Crippen molar-refractivity contribution in [1.29, 1.82) is 0 Å². The lowest BCUT2D eigenvalue weighted by Crippen LogP contribution is -2.45. The summed E-state index contributed by atoms with van der Waals surface area (Å²) in [6.45, 7) is 0. The topological polar surface area (TPSA) is 93.7 Å². The summed E-state index contributed by atoms with van der Waals surface area (Å²) in [5.74, 6) is -0.535. The van der Waals surface area contributed by atoms with Crippen molar-refractivity contribution >= 4 is 21.6 Å². The molecule has 0 spiro atoms.